The molecule has 1 aromatic heterocycles. The Morgan fingerprint density at radius 1 is 1.16 bits per heavy atom. The van der Waals surface area contributed by atoms with E-state index >= 15 is 0 Å². The summed E-state index contributed by atoms with van der Waals surface area (Å²) in [4.78, 5) is 12.5. The lowest BCUT2D eigenvalue weighted by Crippen LogP contribution is -2.12. The van der Waals surface area contributed by atoms with Gasteiger partial charge in [0.1, 0.15) is 0 Å². The standard InChI is InChI=1S/C16H18O2S/c17-16(18)12-6-3-5-11(8-9-12)15-10-13-4-1-2-7-14(13)19-15/h1-2,4,7,10-12H,3,5-6,8-9H2,(H,17,18). The predicted octanol–water partition coefficient (Wildman–Crippen LogP) is 4.65. The Morgan fingerprint density at radius 2 is 2.00 bits per heavy atom. The monoisotopic (exact) mass is 274 g/mol. The van der Waals surface area contributed by atoms with Crippen LogP contribution in [0.5, 0.6) is 0 Å². The summed E-state index contributed by atoms with van der Waals surface area (Å²) in [5.41, 5.74) is 0. The van der Waals surface area contributed by atoms with Crippen molar-refractivity contribution in [2.24, 2.45) is 5.92 Å². The van der Waals surface area contributed by atoms with Crippen molar-refractivity contribution >= 4 is 27.4 Å². The highest BCUT2D eigenvalue weighted by Gasteiger charge is 2.25. The van der Waals surface area contributed by atoms with E-state index in [9.17, 15) is 4.79 Å². The minimum absolute atomic E-state index is 0.126. The molecule has 1 aromatic carbocycles. The summed E-state index contributed by atoms with van der Waals surface area (Å²) < 4.78 is 1.34. The number of thiophene rings is 1. The molecule has 0 aliphatic heterocycles. The Bertz CT molecular complexity index is 554. The zero-order valence-corrected chi connectivity index (χ0v) is 11.7. The van der Waals surface area contributed by atoms with Gasteiger partial charge in [-0.25, -0.2) is 0 Å². The molecule has 2 aromatic rings. The lowest BCUT2D eigenvalue weighted by molar-refractivity contribution is -0.142. The molecule has 0 amide bonds. The van der Waals surface area contributed by atoms with Crippen molar-refractivity contribution in [3.8, 4) is 0 Å². The van der Waals surface area contributed by atoms with Crippen molar-refractivity contribution in [1.29, 1.82) is 0 Å². The van der Waals surface area contributed by atoms with Crippen LogP contribution in [0.4, 0.5) is 0 Å². The number of carbonyl (C=O) groups is 1. The molecule has 1 aliphatic carbocycles. The number of hydrogen-bond acceptors (Lipinski definition) is 2. The second-order valence-corrected chi connectivity index (χ2v) is 6.54. The van der Waals surface area contributed by atoms with Crippen LogP contribution in [0.1, 0.15) is 42.9 Å². The van der Waals surface area contributed by atoms with Crippen LogP contribution in [0.2, 0.25) is 0 Å². The third kappa shape index (κ3) is 2.66. The summed E-state index contributed by atoms with van der Waals surface area (Å²) in [6.07, 6.45) is 4.86. The Hall–Kier alpha value is -1.35. The number of rotatable bonds is 2. The number of carboxylic acid groups (broad SMARTS) is 1. The first-order valence-electron chi connectivity index (χ1n) is 6.95. The maximum atomic E-state index is 11.1. The van der Waals surface area contributed by atoms with Crippen LogP contribution in [0, 0.1) is 5.92 Å². The van der Waals surface area contributed by atoms with Crippen molar-refractivity contribution in [1.82, 2.24) is 0 Å². The summed E-state index contributed by atoms with van der Waals surface area (Å²) in [7, 11) is 0. The van der Waals surface area contributed by atoms with Gasteiger partial charge in [0.15, 0.2) is 0 Å². The van der Waals surface area contributed by atoms with Crippen LogP contribution >= 0.6 is 11.3 Å². The van der Waals surface area contributed by atoms with Crippen LogP contribution in [-0.4, -0.2) is 11.1 Å². The highest BCUT2D eigenvalue weighted by atomic mass is 32.1. The van der Waals surface area contributed by atoms with Gasteiger partial charge in [-0.15, -0.1) is 11.3 Å². The lowest BCUT2D eigenvalue weighted by atomic mass is 9.97. The van der Waals surface area contributed by atoms with Crippen LogP contribution < -0.4 is 0 Å². The molecule has 2 atom stereocenters. The average Bonchev–Trinajstić information content (AvgIpc) is 2.67. The first-order valence-corrected chi connectivity index (χ1v) is 7.77. The molecule has 19 heavy (non-hydrogen) atoms. The molecule has 3 rings (SSSR count). The Labute approximate surface area is 117 Å². The highest BCUT2D eigenvalue weighted by molar-refractivity contribution is 7.19. The summed E-state index contributed by atoms with van der Waals surface area (Å²) in [5, 5.41) is 10.5. The molecular weight excluding hydrogens is 256 g/mol. The molecule has 0 spiro atoms. The van der Waals surface area contributed by atoms with Crippen LogP contribution in [0.15, 0.2) is 30.3 Å². The average molecular weight is 274 g/mol. The third-order valence-electron chi connectivity index (χ3n) is 4.16. The second kappa shape index (κ2) is 5.33. The maximum absolute atomic E-state index is 11.1. The van der Waals surface area contributed by atoms with E-state index in [1.165, 1.54) is 15.0 Å². The van der Waals surface area contributed by atoms with Gasteiger partial charge in [-0.1, -0.05) is 24.6 Å². The first-order chi connectivity index (χ1) is 9.24. The van der Waals surface area contributed by atoms with Gasteiger partial charge < -0.3 is 5.11 Å². The number of hydrogen-bond donors (Lipinski definition) is 1. The fraction of sp³-hybridized carbons (Fsp3) is 0.438. The van der Waals surface area contributed by atoms with Gasteiger partial charge in [0.25, 0.3) is 0 Å². The topological polar surface area (TPSA) is 37.3 Å². The smallest absolute Gasteiger partial charge is 0.306 e. The van der Waals surface area contributed by atoms with E-state index in [0.29, 0.717) is 5.92 Å². The fourth-order valence-electron chi connectivity index (χ4n) is 3.04. The van der Waals surface area contributed by atoms with E-state index in [2.05, 4.69) is 30.3 Å². The van der Waals surface area contributed by atoms with Gasteiger partial charge in [0, 0.05) is 9.58 Å². The van der Waals surface area contributed by atoms with E-state index in [-0.39, 0.29) is 5.92 Å². The van der Waals surface area contributed by atoms with E-state index in [0.717, 1.165) is 32.1 Å². The SMILES string of the molecule is O=C(O)C1CCCC(c2cc3ccccc3s2)CC1. The maximum Gasteiger partial charge on any atom is 0.306 e. The van der Waals surface area contributed by atoms with Gasteiger partial charge in [0.2, 0.25) is 0 Å². The van der Waals surface area contributed by atoms with Gasteiger partial charge in [-0.3, -0.25) is 4.79 Å². The fourth-order valence-corrected chi connectivity index (χ4v) is 4.27. The Balaban J connectivity index is 1.80. The van der Waals surface area contributed by atoms with Gasteiger partial charge >= 0.3 is 5.97 Å². The van der Waals surface area contributed by atoms with E-state index in [1.807, 2.05) is 11.3 Å². The molecule has 0 bridgehead atoms. The van der Waals surface area contributed by atoms with Crippen molar-refractivity contribution in [3.63, 3.8) is 0 Å². The largest absolute Gasteiger partial charge is 0.481 e. The Kier molecular flexibility index (Phi) is 3.56. The molecule has 0 radical (unpaired) electrons. The number of benzene rings is 1. The molecule has 1 heterocycles. The van der Waals surface area contributed by atoms with Crippen LogP contribution in [-0.2, 0) is 4.79 Å². The molecule has 1 saturated carbocycles. The molecule has 2 nitrogen and oxygen atoms in total. The first kappa shape index (κ1) is 12.7. The van der Waals surface area contributed by atoms with E-state index < -0.39 is 5.97 Å². The van der Waals surface area contributed by atoms with Gasteiger partial charge in [0.05, 0.1) is 5.92 Å². The van der Waals surface area contributed by atoms with Gasteiger partial charge in [-0.2, -0.15) is 0 Å². The van der Waals surface area contributed by atoms with Gasteiger partial charge in [-0.05, 0) is 49.1 Å². The molecule has 100 valence electrons. The normalized spacial score (nSPS) is 24.2. The summed E-state index contributed by atoms with van der Waals surface area (Å²) >= 11 is 1.88. The number of aliphatic carboxylic acids is 1. The van der Waals surface area contributed by atoms with E-state index in [4.69, 9.17) is 5.11 Å². The Morgan fingerprint density at radius 3 is 2.79 bits per heavy atom. The summed E-state index contributed by atoms with van der Waals surface area (Å²) in [5.74, 6) is -0.182. The third-order valence-corrected chi connectivity index (χ3v) is 5.44. The van der Waals surface area contributed by atoms with Crippen molar-refractivity contribution < 1.29 is 9.90 Å². The number of carboxylic acids is 1. The molecular formula is C16H18O2S. The lowest BCUT2D eigenvalue weighted by Gasteiger charge is -2.11. The second-order valence-electron chi connectivity index (χ2n) is 5.43. The zero-order valence-electron chi connectivity index (χ0n) is 10.8. The molecule has 1 fully saturated rings. The van der Waals surface area contributed by atoms with Crippen LogP contribution in [0.25, 0.3) is 10.1 Å². The number of fused-ring (bicyclic) bond motifs is 1. The zero-order chi connectivity index (χ0) is 13.2. The minimum atomic E-state index is -0.614. The quantitative estimate of drug-likeness (QED) is 0.809. The molecule has 1 aliphatic rings. The van der Waals surface area contributed by atoms with Crippen molar-refractivity contribution in [3.05, 3.63) is 35.2 Å². The van der Waals surface area contributed by atoms with E-state index in [1.54, 1.807) is 0 Å². The molecule has 1 N–H and O–H groups in total. The van der Waals surface area contributed by atoms with Crippen molar-refractivity contribution in [2.45, 2.75) is 38.0 Å². The van der Waals surface area contributed by atoms with Crippen LogP contribution in [0.3, 0.4) is 0 Å². The predicted molar refractivity (Wildman–Crippen MR) is 78.8 cm³/mol. The molecule has 3 heteroatoms. The minimum Gasteiger partial charge on any atom is -0.481 e. The van der Waals surface area contributed by atoms with Crippen molar-refractivity contribution in [2.75, 3.05) is 0 Å². The molecule has 2 unspecified atom stereocenters. The molecule has 0 saturated heterocycles. The summed E-state index contributed by atoms with van der Waals surface area (Å²) in [6.45, 7) is 0. The highest BCUT2D eigenvalue weighted by Crippen LogP contribution is 2.39. The summed E-state index contributed by atoms with van der Waals surface area (Å²) in [6, 6.07) is 10.8.